The second-order valence-electron chi connectivity index (χ2n) is 5.78. The molecule has 0 heterocycles. The number of rotatable bonds is 6. The van der Waals surface area contributed by atoms with Crippen LogP contribution in [-0.2, 0) is 0 Å². The van der Waals surface area contributed by atoms with Crippen molar-refractivity contribution in [3.63, 3.8) is 0 Å². The molecule has 2 heteroatoms. The van der Waals surface area contributed by atoms with E-state index in [1.807, 2.05) is 0 Å². The molecular formula is C13H30N2. The summed E-state index contributed by atoms with van der Waals surface area (Å²) in [6.07, 6.45) is 1.23. The summed E-state index contributed by atoms with van der Waals surface area (Å²) in [4.78, 5) is 2.42. The van der Waals surface area contributed by atoms with E-state index in [4.69, 9.17) is 0 Å². The Morgan fingerprint density at radius 3 is 2.13 bits per heavy atom. The van der Waals surface area contributed by atoms with Gasteiger partial charge in [0.05, 0.1) is 0 Å². The second kappa shape index (κ2) is 6.49. The van der Waals surface area contributed by atoms with E-state index in [1.165, 1.54) is 6.42 Å². The molecule has 15 heavy (non-hydrogen) atoms. The minimum atomic E-state index is 0.356. The molecule has 2 nitrogen and oxygen atoms in total. The van der Waals surface area contributed by atoms with Gasteiger partial charge in [-0.3, -0.25) is 0 Å². The summed E-state index contributed by atoms with van der Waals surface area (Å²) < 4.78 is 0. The van der Waals surface area contributed by atoms with Crippen LogP contribution in [0.3, 0.4) is 0 Å². The lowest BCUT2D eigenvalue weighted by Crippen LogP contribution is -2.42. The van der Waals surface area contributed by atoms with E-state index < -0.39 is 0 Å². The molecule has 0 rings (SSSR count). The molecule has 0 saturated carbocycles. The van der Waals surface area contributed by atoms with Gasteiger partial charge in [-0.2, -0.15) is 0 Å². The quantitative estimate of drug-likeness (QED) is 0.731. The zero-order valence-electron chi connectivity index (χ0n) is 11.7. The van der Waals surface area contributed by atoms with Crippen LogP contribution in [0.4, 0.5) is 0 Å². The van der Waals surface area contributed by atoms with Crippen molar-refractivity contribution < 1.29 is 0 Å². The summed E-state index contributed by atoms with van der Waals surface area (Å²) in [5, 5.41) is 3.59. The summed E-state index contributed by atoms with van der Waals surface area (Å²) in [5.74, 6) is 0. The predicted molar refractivity (Wildman–Crippen MR) is 69.3 cm³/mol. The van der Waals surface area contributed by atoms with Crippen LogP contribution in [0.25, 0.3) is 0 Å². The van der Waals surface area contributed by atoms with Crippen LogP contribution in [0.1, 0.15) is 48.0 Å². The molecule has 92 valence electrons. The third-order valence-corrected chi connectivity index (χ3v) is 3.56. The molecule has 0 spiro atoms. The zero-order valence-corrected chi connectivity index (χ0v) is 11.7. The first kappa shape index (κ1) is 14.9. The number of likely N-dealkylation sites (N-methyl/N-ethyl adjacent to an activating group) is 1. The molecule has 0 aromatic rings. The van der Waals surface area contributed by atoms with Gasteiger partial charge in [-0.1, -0.05) is 27.7 Å². The summed E-state index contributed by atoms with van der Waals surface area (Å²) in [6, 6.07) is 1.26. The average Bonchev–Trinajstić information content (AvgIpc) is 2.14. The minimum absolute atomic E-state index is 0.356. The summed E-state index contributed by atoms with van der Waals surface area (Å²) >= 11 is 0. The van der Waals surface area contributed by atoms with Crippen molar-refractivity contribution in [2.75, 3.05) is 20.1 Å². The maximum Gasteiger partial charge on any atom is 0.0107 e. The molecule has 0 fully saturated rings. The molecule has 0 saturated heterocycles. The van der Waals surface area contributed by atoms with Gasteiger partial charge in [-0.05, 0) is 32.7 Å². The lowest BCUT2D eigenvalue weighted by Gasteiger charge is -2.30. The first-order chi connectivity index (χ1) is 6.79. The number of nitrogens with one attached hydrogen (secondary N) is 1. The molecule has 0 aliphatic heterocycles. The SMILES string of the molecule is CCC(C)N(C)CCNC(C)C(C)(C)C. The van der Waals surface area contributed by atoms with Gasteiger partial charge in [0, 0.05) is 25.2 Å². The molecule has 0 aliphatic carbocycles. The molecule has 2 unspecified atom stereocenters. The van der Waals surface area contributed by atoms with Gasteiger partial charge in [-0.15, -0.1) is 0 Å². The van der Waals surface area contributed by atoms with Gasteiger partial charge in [0.25, 0.3) is 0 Å². The Kier molecular flexibility index (Phi) is 6.46. The van der Waals surface area contributed by atoms with Crippen molar-refractivity contribution in [2.45, 2.75) is 60.0 Å². The Bertz CT molecular complexity index is 160. The first-order valence-corrected chi connectivity index (χ1v) is 6.22. The van der Waals surface area contributed by atoms with Gasteiger partial charge in [0.1, 0.15) is 0 Å². The molecule has 1 N–H and O–H groups in total. The van der Waals surface area contributed by atoms with Gasteiger partial charge >= 0.3 is 0 Å². The standard InChI is InChI=1S/C13H30N2/c1-8-11(2)15(7)10-9-14-12(3)13(4,5)6/h11-12,14H,8-10H2,1-7H3. The Balaban J connectivity index is 3.71. The van der Waals surface area contributed by atoms with E-state index in [0.29, 0.717) is 17.5 Å². The second-order valence-corrected chi connectivity index (χ2v) is 5.78. The maximum atomic E-state index is 3.59. The average molecular weight is 214 g/mol. The monoisotopic (exact) mass is 214 g/mol. The summed E-state index contributed by atoms with van der Waals surface area (Å²) in [7, 11) is 2.21. The van der Waals surface area contributed by atoms with Gasteiger partial charge < -0.3 is 10.2 Å². The third-order valence-electron chi connectivity index (χ3n) is 3.56. The van der Waals surface area contributed by atoms with E-state index in [9.17, 15) is 0 Å². The topological polar surface area (TPSA) is 15.3 Å². The number of hydrogen-bond donors (Lipinski definition) is 1. The van der Waals surface area contributed by atoms with Crippen molar-refractivity contribution in [3.05, 3.63) is 0 Å². The van der Waals surface area contributed by atoms with Crippen LogP contribution < -0.4 is 5.32 Å². The third kappa shape index (κ3) is 6.16. The van der Waals surface area contributed by atoms with Crippen LogP contribution in [0.5, 0.6) is 0 Å². The number of hydrogen-bond acceptors (Lipinski definition) is 2. The van der Waals surface area contributed by atoms with E-state index in [1.54, 1.807) is 0 Å². The molecule has 0 radical (unpaired) electrons. The van der Waals surface area contributed by atoms with Gasteiger partial charge in [-0.25, -0.2) is 0 Å². The van der Waals surface area contributed by atoms with Gasteiger partial charge in [0.15, 0.2) is 0 Å². The Morgan fingerprint density at radius 1 is 1.20 bits per heavy atom. The fraction of sp³-hybridized carbons (Fsp3) is 1.00. The Hall–Kier alpha value is -0.0800. The largest absolute Gasteiger partial charge is 0.312 e. The van der Waals surface area contributed by atoms with Crippen LogP contribution in [0, 0.1) is 5.41 Å². The molecule has 2 atom stereocenters. The minimum Gasteiger partial charge on any atom is -0.312 e. The molecule has 0 amide bonds. The summed E-state index contributed by atoms with van der Waals surface area (Å²) in [5.41, 5.74) is 0.356. The van der Waals surface area contributed by atoms with Crippen LogP contribution in [0.2, 0.25) is 0 Å². The fourth-order valence-corrected chi connectivity index (χ4v) is 1.30. The van der Waals surface area contributed by atoms with Crippen LogP contribution in [-0.4, -0.2) is 37.1 Å². The lowest BCUT2D eigenvalue weighted by atomic mass is 9.88. The predicted octanol–water partition coefficient (Wildman–Crippen LogP) is 2.74. The highest BCUT2D eigenvalue weighted by molar-refractivity contribution is 4.76. The van der Waals surface area contributed by atoms with Crippen LogP contribution in [0.15, 0.2) is 0 Å². The molecule has 0 aromatic carbocycles. The number of nitrogens with zero attached hydrogens (tertiary/aromatic N) is 1. The Morgan fingerprint density at radius 2 is 1.73 bits per heavy atom. The smallest absolute Gasteiger partial charge is 0.0107 e. The molecule has 0 aliphatic rings. The maximum absolute atomic E-state index is 3.59. The van der Waals surface area contributed by atoms with E-state index in [2.05, 4.69) is 58.8 Å². The van der Waals surface area contributed by atoms with Crippen molar-refractivity contribution in [1.29, 1.82) is 0 Å². The zero-order chi connectivity index (χ0) is 12.1. The Labute approximate surface area is 96.4 Å². The first-order valence-electron chi connectivity index (χ1n) is 6.22. The van der Waals surface area contributed by atoms with E-state index >= 15 is 0 Å². The van der Waals surface area contributed by atoms with Gasteiger partial charge in [0.2, 0.25) is 0 Å². The van der Waals surface area contributed by atoms with E-state index in [-0.39, 0.29) is 0 Å². The lowest BCUT2D eigenvalue weighted by molar-refractivity contribution is 0.230. The molecular weight excluding hydrogens is 184 g/mol. The highest BCUT2D eigenvalue weighted by Crippen LogP contribution is 2.18. The molecule has 0 bridgehead atoms. The van der Waals surface area contributed by atoms with Crippen molar-refractivity contribution in [2.24, 2.45) is 5.41 Å². The molecule has 0 aromatic heterocycles. The normalized spacial score (nSPS) is 16.8. The van der Waals surface area contributed by atoms with Crippen LogP contribution >= 0.6 is 0 Å². The van der Waals surface area contributed by atoms with Crippen molar-refractivity contribution >= 4 is 0 Å². The van der Waals surface area contributed by atoms with Crippen molar-refractivity contribution in [3.8, 4) is 0 Å². The van der Waals surface area contributed by atoms with Crippen molar-refractivity contribution in [1.82, 2.24) is 10.2 Å². The van der Waals surface area contributed by atoms with E-state index in [0.717, 1.165) is 13.1 Å². The highest BCUT2D eigenvalue weighted by atomic mass is 15.1. The summed E-state index contributed by atoms with van der Waals surface area (Å²) in [6.45, 7) is 15.9. The fourth-order valence-electron chi connectivity index (χ4n) is 1.30. The highest BCUT2D eigenvalue weighted by Gasteiger charge is 2.19.